The molecule has 0 saturated carbocycles. The molecule has 0 aliphatic heterocycles. The van der Waals surface area contributed by atoms with Crippen LogP contribution in [0.3, 0.4) is 0 Å². The number of nitrogens with zero attached hydrogens (tertiary/aromatic N) is 1. The van der Waals surface area contributed by atoms with Gasteiger partial charge in [0.1, 0.15) is 5.03 Å². The maximum absolute atomic E-state index is 5.83. The maximum Gasteiger partial charge on any atom is 0.101 e. The van der Waals surface area contributed by atoms with Crippen molar-refractivity contribution >= 4 is 43.6 Å². The molecule has 2 aromatic rings. The lowest BCUT2D eigenvalue weighted by molar-refractivity contribution is 0.735. The molecule has 2 nitrogen and oxygen atoms in total. The van der Waals surface area contributed by atoms with E-state index in [1.54, 1.807) is 11.8 Å². The zero-order valence-electron chi connectivity index (χ0n) is 10.4. The number of nitrogens with two attached hydrogens (primary N) is 1. The summed E-state index contributed by atoms with van der Waals surface area (Å²) in [5, 5.41) is 0.982. The van der Waals surface area contributed by atoms with E-state index >= 15 is 0 Å². The third kappa shape index (κ3) is 4.60. The zero-order valence-corrected chi connectivity index (χ0v) is 14.4. The molecule has 2 rings (SSSR count). The number of pyridine rings is 1. The van der Waals surface area contributed by atoms with Crippen LogP contribution >= 0.6 is 43.6 Å². The minimum atomic E-state index is 0.169. The van der Waals surface area contributed by atoms with Gasteiger partial charge in [0.05, 0.1) is 0 Å². The maximum atomic E-state index is 5.83. The lowest BCUT2D eigenvalue weighted by atomic mass is 10.1. The molecule has 0 amide bonds. The first-order chi connectivity index (χ1) is 9.04. The van der Waals surface area contributed by atoms with E-state index in [2.05, 4.69) is 55.0 Å². The lowest BCUT2D eigenvalue weighted by Crippen LogP contribution is -2.17. The molecule has 1 aromatic heterocycles. The normalized spacial score (nSPS) is 12.4. The van der Waals surface area contributed by atoms with Gasteiger partial charge in [0.2, 0.25) is 0 Å². The van der Waals surface area contributed by atoms with Gasteiger partial charge in [0, 0.05) is 26.1 Å². The highest BCUT2D eigenvalue weighted by Gasteiger charge is 2.06. The molecule has 19 heavy (non-hydrogen) atoms. The second kappa shape index (κ2) is 6.88. The summed E-state index contributed by atoms with van der Waals surface area (Å²) in [5.41, 5.74) is 7.07. The van der Waals surface area contributed by atoms with Crippen molar-refractivity contribution in [2.45, 2.75) is 29.3 Å². The highest BCUT2D eigenvalue weighted by molar-refractivity contribution is 9.10. The monoisotopic (exact) mass is 400 g/mol. The Kier molecular flexibility index (Phi) is 5.45. The summed E-state index contributed by atoms with van der Waals surface area (Å²) in [6, 6.07) is 10.5. The van der Waals surface area contributed by atoms with E-state index in [1.807, 2.05) is 25.3 Å². The number of aromatic nitrogens is 1. The SMILES string of the molecule is CC(N)Cc1ccc(Sc2ccc(Br)cn2)cc1Br. The van der Waals surface area contributed by atoms with Crippen molar-refractivity contribution < 1.29 is 0 Å². The molecule has 1 aromatic carbocycles. The Morgan fingerprint density at radius 3 is 2.63 bits per heavy atom. The van der Waals surface area contributed by atoms with Crippen LogP contribution in [0.25, 0.3) is 0 Å². The van der Waals surface area contributed by atoms with Crippen LogP contribution in [0.2, 0.25) is 0 Å². The predicted octanol–water partition coefficient (Wildman–Crippen LogP) is 4.65. The predicted molar refractivity (Wildman–Crippen MR) is 87.6 cm³/mol. The summed E-state index contributed by atoms with van der Waals surface area (Å²) in [5.74, 6) is 0. The fraction of sp³-hybridized carbons (Fsp3) is 0.214. The third-order valence-corrected chi connectivity index (χ3v) is 4.64. The molecule has 0 radical (unpaired) electrons. The average Bonchev–Trinajstić information content (AvgIpc) is 2.35. The highest BCUT2D eigenvalue weighted by Crippen LogP contribution is 2.30. The quantitative estimate of drug-likeness (QED) is 0.810. The molecule has 100 valence electrons. The van der Waals surface area contributed by atoms with E-state index < -0.39 is 0 Å². The summed E-state index contributed by atoms with van der Waals surface area (Å²) < 4.78 is 2.09. The minimum absolute atomic E-state index is 0.169. The summed E-state index contributed by atoms with van der Waals surface area (Å²) >= 11 is 8.63. The van der Waals surface area contributed by atoms with Crippen molar-refractivity contribution in [3.8, 4) is 0 Å². The van der Waals surface area contributed by atoms with Crippen LogP contribution in [0.4, 0.5) is 0 Å². The fourth-order valence-corrected chi connectivity index (χ4v) is 3.37. The second-order valence-corrected chi connectivity index (χ2v) is 7.22. The Bertz CT molecular complexity index is 556. The third-order valence-electron chi connectivity index (χ3n) is 2.49. The van der Waals surface area contributed by atoms with Crippen molar-refractivity contribution in [2.75, 3.05) is 0 Å². The van der Waals surface area contributed by atoms with Crippen LogP contribution in [0.15, 0.2) is 55.4 Å². The van der Waals surface area contributed by atoms with Crippen molar-refractivity contribution in [1.82, 2.24) is 4.98 Å². The van der Waals surface area contributed by atoms with E-state index in [0.29, 0.717) is 0 Å². The Morgan fingerprint density at radius 1 is 1.26 bits per heavy atom. The molecule has 1 atom stereocenters. The van der Waals surface area contributed by atoms with Crippen molar-refractivity contribution in [1.29, 1.82) is 0 Å². The van der Waals surface area contributed by atoms with Crippen LogP contribution in [-0.4, -0.2) is 11.0 Å². The Morgan fingerprint density at radius 2 is 2.05 bits per heavy atom. The van der Waals surface area contributed by atoms with Crippen molar-refractivity contribution in [2.24, 2.45) is 5.73 Å². The Balaban J connectivity index is 2.13. The van der Waals surface area contributed by atoms with Crippen LogP contribution in [0.1, 0.15) is 12.5 Å². The van der Waals surface area contributed by atoms with E-state index in [1.165, 1.54) is 5.56 Å². The van der Waals surface area contributed by atoms with Gasteiger partial charge in [-0.25, -0.2) is 4.98 Å². The van der Waals surface area contributed by atoms with Crippen LogP contribution in [0, 0.1) is 0 Å². The molecule has 0 fully saturated rings. The largest absolute Gasteiger partial charge is 0.328 e. The standard InChI is InChI=1S/C14H14Br2N2S/c1-9(17)6-10-2-4-12(7-13(10)16)19-14-5-3-11(15)8-18-14/h2-5,7-9H,6,17H2,1H3. The molecule has 2 N–H and O–H groups in total. The fourth-order valence-electron chi connectivity index (χ4n) is 1.65. The van der Waals surface area contributed by atoms with E-state index in [0.717, 1.165) is 25.3 Å². The molecular weight excluding hydrogens is 388 g/mol. The van der Waals surface area contributed by atoms with E-state index in [-0.39, 0.29) is 6.04 Å². The number of halogens is 2. The molecular formula is C14H14Br2N2S. The van der Waals surface area contributed by atoms with Gasteiger partial charge < -0.3 is 5.73 Å². The van der Waals surface area contributed by atoms with Crippen molar-refractivity contribution in [3.63, 3.8) is 0 Å². The zero-order chi connectivity index (χ0) is 13.8. The van der Waals surface area contributed by atoms with Crippen LogP contribution in [0.5, 0.6) is 0 Å². The van der Waals surface area contributed by atoms with Gasteiger partial charge in [-0.3, -0.25) is 0 Å². The van der Waals surface area contributed by atoms with Gasteiger partial charge >= 0.3 is 0 Å². The first-order valence-electron chi connectivity index (χ1n) is 5.88. The summed E-state index contributed by atoms with van der Waals surface area (Å²) in [6.45, 7) is 2.01. The van der Waals surface area contributed by atoms with E-state index in [9.17, 15) is 0 Å². The first kappa shape index (κ1) is 15.0. The number of rotatable bonds is 4. The van der Waals surface area contributed by atoms with Crippen molar-refractivity contribution in [3.05, 3.63) is 51.0 Å². The van der Waals surface area contributed by atoms with Gasteiger partial charge in [-0.1, -0.05) is 33.8 Å². The highest BCUT2D eigenvalue weighted by atomic mass is 79.9. The molecule has 0 aliphatic carbocycles. The van der Waals surface area contributed by atoms with E-state index in [4.69, 9.17) is 5.73 Å². The smallest absolute Gasteiger partial charge is 0.101 e. The van der Waals surface area contributed by atoms with Gasteiger partial charge in [-0.15, -0.1) is 0 Å². The second-order valence-electron chi connectivity index (χ2n) is 4.35. The molecule has 1 heterocycles. The lowest BCUT2D eigenvalue weighted by Gasteiger charge is -2.09. The molecule has 5 heteroatoms. The van der Waals surface area contributed by atoms with Crippen LogP contribution < -0.4 is 5.73 Å². The molecule has 0 aliphatic rings. The summed E-state index contributed by atoms with van der Waals surface area (Å²) in [7, 11) is 0. The molecule has 0 saturated heterocycles. The van der Waals surface area contributed by atoms with Crippen LogP contribution in [-0.2, 0) is 6.42 Å². The summed E-state index contributed by atoms with van der Waals surface area (Å²) in [6.07, 6.45) is 2.68. The molecule has 0 spiro atoms. The van der Waals surface area contributed by atoms with Gasteiger partial charge in [0.15, 0.2) is 0 Å². The Hall–Kier alpha value is -0.360. The topological polar surface area (TPSA) is 38.9 Å². The Labute approximate surface area is 134 Å². The molecule has 0 bridgehead atoms. The van der Waals surface area contributed by atoms with Gasteiger partial charge in [-0.05, 0) is 59.1 Å². The minimum Gasteiger partial charge on any atom is -0.328 e. The van der Waals surface area contributed by atoms with Gasteiger partial charge in [-0.2, -0.15) is 0 Å². The number of hydrogen-bond donors (Lipinski definition) is 1. The molecule has 1 unspecified atom stereocenters. The average molecular weight is 402 g/mol. The number of benzene rings is 1. The van der Waals surface area contributed by atoms with Gasteiger partial charge in [0.25, 0.3) is 0 Å². The summed E-state index contributed by atoms with van der Waals surface area (Å²) in [4.78, 5) is 5.52. The number of hydrogen-bond acceptors (Lipinski definition) is 3. The first-order valence-corrected chi connectivity index (χ1v) is 8.28.